The third-order valence-electron chi connectivity index (χ3n) is 2.64. The zero-order valence-electron chi connectivity index (χ0n) is 10.8. The molecule has 2 aromatic rings. The predicted octanol–water partition coefficient (Wildman–Crippen LogP) is 3.26. The summed E-state index contributed by atoms with van der Waals surface area (Å²) in [6.45, 7) is 5.93. The van der Waals surface area contributed by atoms with Gasteiger partial charge in [-0.05, 0) is 50.6 Å². The SMILES string of the molecule is Cc1cc(C)cc(C(=O)Nc2cc(C)ccn2)c1. The normalized spacial score (nSPS) is 10.2. The Hall–Kier alpha value is -2.16. The molecule has 1 aromatic carbocycles. The number of benzene rings is 1. The molecule has 0 aliphatic carbocycles. The number of carbonyl (C=O) groups excluding carboxylic acids is 1. The third kappa shape index (κ3) is 2.94. The number of hydrogen-bond acceptors (Lipinski definition) is 2. The Bertz CT molecular complexity index is 571. The van der Waals surface area contributed by atoms with E-state index < -0.39 is 0 Å². The van der Waals surface area contributed by atoms with Gasteiger partial charge in [-0.3, -0.25) is 4.79 Å². The number of hydrogen-bond donors (Lipinski definition) is 1. The van der Waals surface area contributed by atoms with Crippen molar-refractivity contribution in [1.29, 1.82) is 0 Å². The summed E-state index contributed by atoms with van der Waals surface area (Å²) in [4.78, 5) is 16.2. The third-order valence-corrected chi connectivity index (χ3v) is 2.64. The summed E-state index contributed by atoms with van der Waals surface area (Å²) in [6.07, 6.45) is 1.69. The molecular formula is C15H16N2O. The molecule has 1 amide bonds. The van der Waals surface area contributed by atoms with E-state index in [-0.39, 0.29) is 5.91 Å². The van der Waals surface area contributed by atoms with Gasteiger partial charge in [-0.2, -0.15) is 0 Å². The van der Waals surface area contributed by atoms with Crippen LogP contribution >= 0.6 is 0 Å². The van der Waals surface area contributed by atoms with Crippen LogP contribution in [0, 0.1) is 20.8 Å². The number of carbonyl (C=O) groups is 1. The summed E-state index contributed by atoms with van der Waals surface area (Å²) < 4.78 is 0. The largest absolute Gasteiger partial charge is 0.307 e. The summed E-state index contributed by atoms with van der Waals surface area (Å²) in [7, 11) is 0. The van der Waals surface area contributed by atoms with E-state index in [0.29, 0.717) is 11.4 Å². The van der Waals surface area contributed by atoms with Gasteiger partial charge < -0.3 is 5.32 Å². The minimum absolute atomic E-state index is 0.125. The van der Waals surface area contributed by atoms with E-state index in [9.17, 15) is 4.79 Å². The van der Waals surface area contributed by atoms with Crippen molar-refractivity contribution in [1.82, 2.24) is 4.98 Å². The smallest absolute Gasteiger partial charge is 0.256 e. The van der Waals surface area contributed by atoms with Crippen LogP contribution in [0.3, 0.4) is 0 Å². The molecule has 0 aliphatic heterocycles. The number of nitrogens with one attached hydrogen (secondary N) is 1. The molecule has 0 atom stereocenters. The topological polar surface area (TPSA) is 42.0 Å². The number of pyridine rings is 1. The van der Waals surface area contributed by atoms with Crippen molar-refractivity contribution in [3.63, 3.8) is 0 Å². The van der Waals surface area contributed by atoms with Crippen molar-refractivity contribution in [3.8, 4) is 0 Å². The fraction of sp³-hybridized carbons (Fsp3) is 0.200. The molecular weight excluding hydrogens is 224 g/mol. The van der Waals surface area contributed by atoms with E-state index >= 15 is 0 Å². The van der Waals surface area contributed by atoms with Gasteiger partial charge in [0, 0.05) is 11.8 Å². The second-order valence-electron chi connectivity index (χ2n) is 4.55. The van der Waals surface area contributed by atoms with Crippen molar-refractivity contribution < 1.29 is 4.79 Å². The molecule has 0 bridgehead atoms. The molecule has 0 unspecified atom stereocenters. The molecule has 0 saturated carbocycles. The number of anilines is 1. The van der Waals surface area contributed by atoms with Crippen LogP contribution < -0.4 is 5.32 Å². The Labute approximate surface area is 107 Å². The Morgan fingerprint density at radius 3 is 2.28 bits per heavy atom. The Morgan fingerprint density at radius 1 is 1.00 bits per heavy atom. The lowest BCUT2D eigenvalue weighted by Crippen LogP contribution is -2.13. The highest BCUT2D eigenvalue weighted by Crippen LogP contribution is 2.12. The van der Waals surface area contributed by atoms with E-state index in [1.54, 1.807) is 6.20 Å². The number of aromatic nitrogens is 1. The van der Waals surface area contributed by atoms with Crippen LogP contribution in [0.15, 0.2) is 36.5 Å². The molecule has 18 heavy (non-hydrogen) atoms. The quantitative estimate of drug-likeness (QED) is 0.875. The van der Waals surface area contributed by atoms with Gasteiger partial charge in [0.25, 0.3) is 5.91 Å². The van der Waals surface area contributed by atoms with Crippen molar-refractivity contribution in [3.05, 3.63) is 58.8 Å². The molecule has 1 aromatic heterocycles. The van der Waals surface area contributed by atoms with E-state index in [1.807, 2.05) is 51.1 Å². The maximum atomic E-state index is 12.1. The second kappa shape index (κ2) is 5.00. The lowest BCUT2D eigenvalue weighted by atomic mass is 10.1. The summed E-state index contributed by atoms with van der Waals surface area (Å²) >= 11 is 0. The van der Waals surface area contributed by atoms with Crippen LogP contribution in [0.25, 0.3) is 0 Å². The van der Waals surface area contributed by atoms with Crippen LogP contribution in [0.5, 0.6) is 0 Å². The first-order valence-electron chi connectivity index (χ1n) is 5.87. The molecule has 1 N–H and O–H groups in total. The first-order chi connectivity index (χ1) is 8.54. The molecule has 3 heteroatoms. The Balaban J connectivity index is 2.22. The standard InChI is InChI=1S/C15H16N2O/c1-10-4-5-16-14(9-10)17-15(18)13-7-11(2)6-12(3)8-13/h4-9H,1-3H3,(H,16,17,18). The van der Waals surface area contributed by atoms with Gasteiger partial charge in [0.2, 0.25) is 0 Å². The zero-order valence-corrected chi connectivity index (χ0v) is 10.8. The molecule has 0 radical (unpaired) electrons. The minimum Gasteiger partial charge on any atom is -0.307 e. The fourth-order valence-corrected chi connectivity index (χ4v) is 1.90. The number of aryl methyl sites for hydroxylation is 3. The van der Waals surface area contributed by atoms with Crippen molar-refractivity contribution in [2.45, 2.75) is 20.8 Å². The predicted molar refractivity (Wildman–Crippen MR) is 72.8 cm³/mol. The molecule has 92 valence electrons. The molecule has 0 saturated heterocycles. The first kappa shape index (κ1) is 12.3. The van der Waals surface area contributed by atoms with Crippen LogP contribution in [0.1, 0.15) is 27.0 Å². The molecule has 0 aliphatic rings. The first-order valence-corrected chi connectivity index (χ1v) is 5.87. The van der Waals surface area contributed by atoms with Gasteiger partial charge in [-0.15, -0.1) is 0 Å². The summed E-state index contributed by atoms with van der Waals surface area (Å²) in [5.74, 6) is 0.457. The van der Waals surface area contributed by atoms with E-state index in [1.165, 1.54) is 0 Å². The summed E-state index contributed by atoms with van der Waals surface area (Å²) in [5, 5.41) is 2.80. The lowest BCUT2D eigenvalue weighted by molar-refractivity contribution is 0.102. The van der Waals surface area contributed by atoms with E-state index in [4.69, 9.17) is 0 Å². The van der Waals surface area contributed by atoms with Crippen molar-refractivity contribution >= 4 is 11.7 Å². The Morgan fingerprint density at radius 2 is 1.67 bits per heavy atom. The van der Waals surface area contributed by atoms with Gasteiger partial charge in [0.05, 0.1) is 0 Å². The number of rotatable bonds is 2. The highest BCUT2D eigenvalue weighted by molar-refractivity contribution is 6.04. The van der Waals surface area contributed by atoms with Gasteiger partial charge in [-0.1, -0.05) is 17.2 Å². The van der Waals surface area contributed by atoms with Gasteiger partial charge in [0.15, 0.2) is 0 Å². The number of nitrogens with zero attached hydrogens (tertiary/aromatic N) is 1. The van der Waals surface area contributed by atoms with Gasteiger partial charge in [0.1, 0.15) is 5.82 Å². The molecule has 0 fully saturated rings. The van der Waals surface area contributed by atoms with Crippen molar-refractivity contribution in [2.75, 3.05) is 5.32 Å². The fourth-order valence-electron chi connectivity index (χ4n) is 1.90. The van der Waals surface area contributed by atoms with Crippen LogP contribution in [0.4, 0.5) is 5.82 Å². The minimum atomic E-state index is -0.125. The molecule has 2 rings (SSSR count). The summed E-state index contributed by atoms with van der Waals surface area (Å²) in [5.41, 5.74) is 3.89. The van der Waals surface area contributed by atoms with Crippen LogP contribution in [0.2, 0.25) is 0 Å². The second-order valence-corrected chi connectivity index (χ2v) is 4.55. The van der Waals surface area contributed by atoms with Crippen LogP contribution in [-0.2, 0) is 0 Å². The van der Waals surface area contributed by atoms with Gasteiger partial charge in [-0.25, -0.2) is 4.98 Å². The molecule has 3 nitrogen and oxygen atoms in total. The zero-order chi connectivity index (χ0) is 13.1. The lowest BCUT2D eigenvalue weighted by Gasteiger charge is -2.07. The van der Waals surface area contributed by atoms with Gasteiger partial charge >= 0.3 is 0 Å². The monoisotopic (exact) mass is 240 g/mol. The Kier molecular flexibility index (Phi) is 3.42. The maximum Gasteiger partial charge on any atom is 0.256 e. The van der Waals surface area contributed by atoms with Crippen LogP contribution in [-0.4, -0.2) is 10.9 Å². The average Bonchev–Trinajstić information content (AvgIpc) is 2.27. The highest BCUT2D eigenvalue weighted by atomic mass is 16.1. The molecule has 1 heterocycles. The van der Waals surface area contributed by atoms with E-state index in [2.05, 4.69) is 10.3 Å². The molecule has 0 spiro atoms. The van der Waals surface area contributed by atoms with Crippen molar-refractivity contribution in [2.24, 2.45) is 0 Å². The average molecular weight is 240 g/mol. The summed E-state index contributed by atoms with van der Waals surface area (Å²) in [6, 6.07) is 9.53. The maximum absolute atomic E-state index is 12.1. The number of amides is 1. The van der Waals surface area contributed by atoms with E-state index in [0.717, 1.165) is 16.7 Å². The highest BCUT2D eigenvalue weighted by Gasteiger charge is 2.07.